The van der Waals surface area contributed by atoms with E-state index in [9.17, 15) is 0 Å². The first kappa shape index (κ1) is 12.7. The molecule has 2 heterocycles. The predicted molar refractivity (Wildman–Crippen MR) is 76.0 cm³/mol. The topological polar surface area (TPSA) is 66.5 Å². The Hall–Kier alpha value is -2.35. The van der Waals surface area contributed by atoms with Crippen molar-refractivity contribution in [3.05, 3.63) is 41.9 Å². The molecule has 1 aliphatic rings. The molecule has 2 aromatic heterocycles. The van der Waals surface area contributed by atoms with Crippen LogP contribution in [0, 0.1) is 11.3 Å². The van der Waals surface area contributed by atoms with Crippen molar-refractivity contribution < 1.29 is 0 Å². The average molecular weight is 267 g/mol. The van der Waals surface area contributed by atoms with Gasteiger partial charge in [0, 0.05) is 12.4 Å². The van der Waals surface area contributed by atoms with Crippen LogP contribution in [0.4, 0.5) is 5.82 Å². The first-order chi connectivity index (χ1) is 9.85. The van der Waals surface area contributed by atoms with E-state index in [2.05, 4.69) is 38.4 Å². The van der Waals surface area contributed by atoms with E-state index < -0.39 is 0 Å². The highest BCUT2D eigenvalue weighted by atomic mass is 15.3. The van der Waals surface area contributed by atoms with E-state index in [0.717, 1.165) is 11.5 Å². The maximum Gasteiger partial charge on any atom is 0.126 e. The molecular formula is C15H17N5. The molecule has 1 N–H and O–H groups in total. The Morgan fingerprint density at radius 2 is 2.15 bits per heavy atom. The molecule has 0 bridgehead atoms. The lowest BCUT2D eigenvalue weighted by molar-refractivity contribution is 0.463. The minimum Gasteiger partial charge on any atom is -0.364 e. The first-order valence-corrected chi connectivity index (χ1v) is 6.99. The zero-order valence-electron chi connectivity index (χ0n) is 11.3. The van der Waals surface area contributed by atoms with E-state index in [4.69, 9.17) is 5.26 Å². The predicted octanol–water partition coefficient (Wildman–Crippen LogP) is 2.88. The summed E-state index contributed by atoms with van der Waals surface area (Å²) in [6.45, 7) is 0.651. The second-order valence-electron chi connectivity index (χ2n) is 5.12. The van der Waals surface area contributed by atoms with Gasteiger partial charge in [0.15, 0.2) is 0 Å². The van der Waals surface area contributed by atoms with Crippen LogP contribution in [0.1, 0.15) is 43.0 Å². The Balaban J connectivity index is 1.59. The molecule has 0 atom stereocenters. The Bertz CT molecular complexity index is 602. The van der Waals surface area contributed by atoms with Gasteiger partial charge in [0.25, 0.3) is 0 Å². The van der Waals surface area contributed by atoms with Crippen LogP contribution in [0.2, 0.25) is 0 Å². The minimum atomic E-state index is 0.570. The minimum absolute atomic E-state index is 0.570. The summed E-state index contributed by atoms with van der Waals surface area (Å²) < 4.78 is 2.09. The highest BCUT2D eigenvalue weighted by molar-refractivity contribution is 5.39. The van der Waals surface area contributed by atoms with E-state index in [0.29, 0.717) is 18.2 Å². The monoisotopic (exact) mass is 267 g/mol. The van der Waals surface area contributed by atoms with Crippen LogP contribution in [-0.2, 0) is 6.54 Å². The number of pyridine rings is 1. The molecule has 1 saturated carbocycles. The fourth-order valence-corrected chi connectivity index (χ4v) is 2.59. The zero-order valence-corrected chi connectivity index (χ0v) is 11.3. The standard InChI is InChI=1S/C15H17N5/c16-9-12-5-6-15(17-10-12)18-11-13-7-8-20(19-13)14-3-1-2-4-14/h5-8,10,14H,1-4,11H2,(H,17,18). The fourth-order valence-electron chi connectivity index (χ4n) is 2.59. The Labute approximate surface area is 118 Å². The SMILES string of the molecule is N#Cc1ccc(NCc2ccn(C3CCCC3)n2)nc1. The molecule has 0 radical (unpaired) electrons. The molecule has 1 fully saturated rings. The van der Waals surface area contributed by atoms with Crippen molar-refractivity contribution in [3.63, 3.8) is 0 Å². The lowest BCUT2D eigenvalue weighted by Gasteiger charge is -2.09. The van der Waals surface area contributed by atoms with Crippen LogP contribution in [0.3, 0.4) is 0 Å². The van der Waals surface area contributed by atoms with Gasteiger partial charge in [-0.3, -0.25) is 4.68 Å². The van der Waals surface area contributed by atoms with Gasteiger partial charge in [-0.25, -0.2) is 4.98 Å². The third kappa shape index (κ3) is 2.80. The summed E-state index contributed by atoms with van der Waals surface area (Å²) in [5.74, 6) is 0.763. The van der Waals surface area contributed by atoms with Crippen molar-refractivity contribution in [2.24, 2.45) is 0 Å². The van der Waals surface area contributed by atoms with Crippen molar-refractivity contribution in [3.8, 4) is 6.07 Å². The lowest BCUT2D eigenvalue weighted by Crippen LogP contribution is -2.07. The van der Waals surface area contributed by atoms with E-state index in [1.807, 2.05) is 6.07 Å². The van der Waals surface area contributed by atoms with E-state index in [1.165, 1.54) is 25.7 Å². The fraction of sp³-hybridized carbons (Fsp3) is 0.400. The molecule has 1 aliphatic carbocycles. The van der Waals surface area contributed by atoms with Crippen molar-refractivity contribution in [1.82, 2.24) is 14.8 Å². The molecule has 0 spiro atoms. The lowest BCUT2D eigenvalue weighted by atomic mass is 10.3. The van der Waals surface area contributed by atoms with E-state index >= 15 is 0 Å². The number of anilines is 1. The summed E-state index contributed by atoms with van der Waals surface area (Å²) in [5, 5.41) is 16.6. The third-order valence-electron chi connectivity index (χ3n) is 3.71. The molecular weight excluding hydrogens is 250 g/mol. The maximum absolute atomic E-state index is 8.72. The van der Waals surface area contributed by atoms with Crippen LogP contribution < -0.4 is 5.32 Å². The largest absolute Gasteiger partial charge is 0.364 e. The van der Waals surface area contributed by atoms with Gasteiger partial charge in [0.2, 0.25) is 0 Å². The van der Waals surface area contributed by atoms with Crippen LogP contribution in [0.25, 0.3) is 0 Å². The Morgan fingerprint density at radius 1 is 1.30 bits per heavy atom. The quantitative estimate of drug-likeness (QED) is 0.925. The summed E-state index contributed by atoms with van der Waals surface area (Å²) in [7, 11) is 0. The van der Waals surface area contributed by atoms with Crippen LogP contribution >= 0.6 is 0 Å². The molecule has 102 valence electrons. The summed E-state index contributed by atoms with van der Waals surface area (Å²) in [4.78, 5) is 4.18. The van der Waals surface area contributed by atoms with Crippen molar-refractivity contribution >= 4 is 5.82 Å². The molecule has 0 unspecified atom stereocenters. The molecule has 3 rings (SSSR count). The molecule has 5 heteroatoms. The normalized spacial score (nSPS) is 15.2. The zero-order chi connectivity index (χ0) is 13.8. The van der Waals surface area contributed by atoms with Gasteiger partial charge in [-0.15, -0.1) is 0 Å². The molecule has 0 aliphatic heterocycles. The number of rotatable bonds is 4. The molecule has 20 heavy (non-hydrogen) atoms. The van der Waals surface area contributed by atoms with Crippen molar-refractivity contribution in [2.45, 2.75) is 38.3 Å². The molecule has 0 amide bonds. The van der Waals surface area contributed by atoms with Gasteiger partial charge < -0.3 is 5.32 Å². The Kier molecular flexibility index (Phi) is 3.64. The number of nitriles is 1. The molecule has 5 nitrogen and oxygen atoms in total. The number of nitrogens with zero attached hydrogens (tertiary/aromatic N) is 4. The summed E-state index contributed by atoms with van der Waals surface area (Å²) in [6.07, 6.45) is 8.75. The maximum atomic E-state index is 8.72. The summed E-state index contributed by atoms with van der Waals surface area (Å²) in [5.41, 5.74) is 1.59. The number of aromatic nitrogens is 3. The van der Waals surface area contributed by atoms with E-state index in [1.54, 1.807) is 12.3 Å². The smallest absolute Gasteiger partial charge is 0.126 e. The van der Waals surface area contributed by atoms with Gasteiger partial charge in [0.05, 0.1) is 23.8 Å². The van der Waals surface area contributed by atoms with Gasteiger partial charge in [-0.2, -0.15) is 10.4 Å². The Morgan fingerprint density at radius 3 is 2.85 bits per heavy atom. The first-order valence-electron chi connectivity index (χ1n) is 6.99. The van der Waals surface area contributed by atoms with Crippen LogP contribution in [0.5, 0.6) is 0 Å². The van der Waals surface area contributed by atoms with Gasteiger partial charge in [-0.05, 0) is 31.0 Å². The van der Waals surface area contributed by atoms with E-state index in [-0.39, 0.29) is 0 Å². The van der Waals surface area contributed by atoms with Gasteiger partial charge in [-0.1, -0.05) is 12.8 Å². The van der Waals surface area contributed by atoms with Crippen LogP contribution in [-0.4, -0.2) is 14.8 Å². The average Bonchev–Trinajstić information content (AvgIpc) is 3.16. The number of hydrogen-bond donors (Lipinski definition) is 1. The second kappa shape index (κ2) is 5.74. The highest BCUT2D eigenvalue weighted by Crippen LogP contribution is 2.28. The van der Waals surface area contributed by atoms with Crippen molar-refractivity contribution in [1.29, 1.82) is 5.26 Å². The second-order valence-corrected chi connectivity index (χ2v) is 5.12. The van der Waals surface area contributed by atoms with Crippen LogP contribution in [0.15, 0.2) is 30.6 Å². The van der Waals surface area contributed by atoms with Gasteiger partial charge in [0.1, 0.15) is 11.9 Å². The number of nitrogens with one attached hydrogen (secondary N) is 1. The number of hydrogen-bond acceptors (Lipinski definition) is 4. The summed E-state index contributed by atoms with van der Waals surface area (Å²) >= 11 is 0. The molecule has 0 aromatic carbocycles. The van der Waals surface area contributed by atoms with Gasteiger partial charge >= 0.3 is 0 Å². The summed E-state index contributed by atoms with van der Waals surface area (Å²) in [6, 6.07) is 8.26. The third-order valence-corrected chi connectivity index (χ3v) is 3.71. The van der Waals surface area contributed by atoms with Crippen molar-refractivity contribution in [2.75, 3.05) is 5.32 Å². The molecule has 0 saturated heterocycles. The molecule has 2 aromatic rings. The highest BCUT2D eigenvalue weighted by Gasteiger charge is 2.17.